The highest BCUT2D eigenvalue weighted by molar-refractivity contribution is 5.91. The largest absolute Gasteiger partial charge is 0.507 e. The summed E-state index contributed by atoms with van der Waals surface area (Å²) in [7, 11) is 0. The molecule has 1 heteroatoms. The zero-order chi connectivity index (χ0) is 19.3. The minimum atomic E-state index is 0.283. The van der Waals surface area contributed by atoms with E-state index in [1.165, 1.54) is 33.4 Å². The van der Waals surface area contributed by atoms with Crippen LogP contribution in [0.3, 0.4) is 0 Å². The van der Waals surface area contributed by atoms with Gasteiger partial charge in [-0.1, -0.05) is 59.2 Å². The summed E-state index contributed by atoms with van der Waals surface area (Å²) in [5.41, 5.74) is 10.2. The van der Waals surface area contributed by atoms with Crippen molar-refractivity contribution in [2.75, 3.05) is 0 Å². The molecule has 0 aromatic heterocycles. The molecule has 4 rings (SSSR count). The summed E-state index contributed by atoms with van der Waals surface area (Å²) >= 11 is 0. The Morgan fingerprint density at radius 2 is 1.26 bits per heavy atom. The van der Waals surface area contributed by atoms with Crippen LogP contribution in [0, 0.1) is 6.92 Å². The summed E-state index contributed by atoms with van der Waals surface area (Å²) in [4.78, 5) is 0. The first kappa shape index (κ1) is 17.6. The molecule has 1 N–H and O–H groups in total. The summed E-state index contributed by atoms with van der Waals surface area (Å²) in [6, 6.07) is 18.8. The minimum Gasteiger partial charge on any atom is -0.507 e. The monoisotopic (exact) mass is 354 g/mol. The second-order valence-corrected chi connectivity index (χ2v) is 7.86. The van der Waals surface area contributed by atoms with Gasteiger partial charge in [-0.2, -0.15) is 0 Å². The molecule has 0 fully saturated rings. The Labute approximate surface area is 161 Å². The summed E-state index contributed by atoms with van der Waals surface area (Å²) in [6.45, 7) is 11.1. The van der Waals surface area contributed by atoms with Crippen LogP contribution in [0.4, 0.5) is 0 Å². The lowest BCUT2D eigenvalue weighted by Crippen LogP contribution is -2.03. The second-order valence-electron chi connectivity index (χ2n) is 7.86. The predicted octanol–water partition coefficient (Wildman–Crippen LogP) is 7.29. The third-order valence-corrected chi connectivity index (χ3v) is 6.28. The van der Waals surface area contributed by atoms with E-state index < -0.39 is 0 Å². The molecule has 0 aliphatic heterocycles. The normalized spacial score (nSPS) is 15.3. The summed E-state index contributed by atoms with van der Waals surface area (Å²) in [6.07, 6.45) is 0. The average Bonchev–Trinajstić information content (AvgIpc) is 2.84. The van der Waals surface area contributed by atoms with Gasteiger partial charge in [0.15, 0.2) is 0 Å². The van der Waals surface area contributed by atoms with E-state index in [1.807, 2.05) is 24.3 Å². The highest BCUT2D eigenvalue weighted by Crippen LogP contribution is 2.47. The van der Waals surface area contributed by atoms with Crippen LogP contribution < -0.4 is 0 Å². The van der Waals surface area contributed by atoms with Crippen molar-refractivity contribution in [3.8, 4) is 16.9 Å². The van der Waals surface area contributed by atoms with Crippen LogP contribution in [-0.2, 0) is 0 Å². The van der Waals surface area contributed by atoms with E-state index in [1.54, 1.807) is 0 Å². The number of allylic oxidation sites excluding steroid dienone is 4. The average molecular weight is 354 g/mol. The van der Waals surface area contributed by atoms with Gasteiger partial charge in [-0.25, -0.2) is 0 Å². The number of aryl methyl sites for hydroxylation is 1. The Hall–Kier alpha value is -2.80. The summed E-state index contributed by atoms with van der Waals surface area (Å²) in [5.74, 6) is 0.624. The lowest BCUT2D eigenvalue weighted by atomic mass is 9.82. The zero-order valence-corrected chi connectivity index (χ0v) is 16.7. The fourth-order valence-corrected chi connectivity index (χ4v) is 4.43. The van der Waals surface area contributed by atoms with Gasteiger partial charge < -0.3 is 5.11 Å². The van der Waals surface area contributed by atoms with Crippen LogP contribution >= 0.6 is 0 Å². The zero-order valence-electron chi connectivity index (χ0n) is 16.7. The van der Waals surface area contributed by atoms with Crippen molar-refractivity contribution in [1.29, 1.82) is 0 Å². The van der Waals surface area contributed by atoms with Crippen LogP contribution in [0.2, 0.25) is 0 Å². The minimum absolute atomic E-state index is 0.283. The standard InChI is InChI=1S/C26H26O/c1-15-10-11-22(23-13-20-8-6-7-9-21(20)14-25(23)27)24(12-15)26-18(4)16(2)17(3)19(26)5/h6-14,26-27H,1-5H3. The maximum absolute atomic E-state index is 10.8. The topological polar surface area (TPSA) is 20.2 Å². The van der Waals surface area contributed by atoms with Gasteiger partial charge in [0.1, 0.15) is 5.75 Å². The molecule has 0 saturated heterocycles. The molecular formula is C26H26O. The molecule has 1 nitrogen and oxygen atoms in total. The highest BCUT2D eigenvalue weighted by atomic mass is 16.3. The van der Waals surface area contributed by atoms with Gasteiger partial charge in [0.25, 0.3) is 0 Å². The van der Waals surface area contributed by atoms with E-state index in [9.17, 15) is 5.11 Å². The van der Waals surface area contributed by atoms with Crippen molar-refractivity contribution in [1.82, 2.24) is 0 Å². The molecule has 3 aromatic carbocycles. The van der Waals surface area contributed by atoms with Gasteiger partial charge in [-0.3, -0.25) is 0 Å². The smallest absolute Gasteiger partial charge is 0.124 e. The molecule has 136 valence electrons. The summed E-state index contributed by atoms with van der Waals surface area (Å²) < 4.78 is 0. The van der Waals surface area contributed by atoms with Gasteiger partial charge in [0, 0.05) is 11.5 Å². The third-order valence-electron chi connectivity index (χ3n) is 6.28. The van der Waals surface area contributed by atoms with Gasteiger partial charge in [0.05, 0.1) is 0 Å². The van der Waals surface area contributed by atoms with E-state index >= 15 is 0 Å². The van der Waals surface area contributed by atoms with Crippen molar-refractivity contribution in [3.05, 3.63) is 88.0 Å². The van der Waals surface area contributed by atoms with Crippen molar-refractivity contribution in [2.45, 2.75) is 40.5 Å². The molecule has 0 saturated carbocycles. The summed E-state index contributed by atoms with van der Waals surface area (Å²) in [5, 5.41) is 13.0. The number of phenolic OH excluding ortho intramolecular Hbond substituents is 1. The molecule has 0 atom stereocenters. The van der Waals surface area contributed by atoms with Crippen LogP contribution in [-0.4, -0.2) is 5.11 Å². The van der Waals surface area contributed by atoms with Crippen LogP contribution in [0.5, 0.6) is 5.75 Å². The molecule has 0 heterocycles. The van der Waals surface area contributed by atoms with E-state index in [-0.39, 0.29) is 5.92 Å². The lowest BCUT2D eigenvalue weighted by Gasteiger charge is -2.21. The second kappa shape index (κ2) is 6.42. The van der Waals surface area contributed by atoms with Crippen LogP contribution in [0.15, 0.2) is 76.9 Å². The molecule has 0 unspecified atom stereocenters. The van der Waals surface area contributed by atoms with Crippen molar-refractivity contribution < 1.29 is 5.11 Å². The first-order chi connectivity index (χ1) is 12.9. The van der Waals surface area contributed by atoms with Crippen molar-refractivity contribution in [3.63, 3.8) is 0 Å². The molecule has 0 bridgehead atoms. The SMILES string of the molecule is CC1=C(C)C(c2cc(C)ccc2-c2cc3ccccc3cc2O)C(C)=C1C. The van der Waals surface area contributed by atoms with Crippen molar-refractivity contribution in [2.24, 2.45) is 0 Å². The van der Waals surface area contributed by atoms with Crippen LogP contribution in [0.1, 0.15) is 44.7 Å². The molecule has 0 spiro atoms. The lowest BCUT2D eigenvalue weighted by molar-refractivity contribution is 0.478. The van der Waals surface area contributed by atoms with Gasteiger partial charge in [-0.05, 0) is 79.8 Å². The Morgan fingerprint density at radius 1 is 0.667 bits per heavy atom. The molecule has 0 radical (unpaired) electrons. The van der Waals surface area contributed by atoms with Crippen molar-refractivity contribution >= 4 is 10.8 Å². The number of aromatic hydroxyl groups is 1. The van der Waals surface area contributed by atoms with Gasteiger partial charge >= 0.3 is 0 Å². The number of hydrogen-bond donors (Lipinski definition) is 1. The van der Waals surface area contributed by atoms with E-state index in [2.05, 4.69) is 65.0 Å². The highest BCUT2D eigenvalue weighted by Gasteiger charge is 2.28. The molecule has 1 aliphatic carbocycles. The fourth-order valence-electron chi connectivity index (χ4n) is 4.43. The van der Waals surface area contributed by atoms with Crippen LogP contribution in [0.25, 0.3) is 21.9 Å². The maximum atomic E-state index is 10.8. The molecule has 1 aliphatic rings. The quantitative estimate of drug-likeness (QED) is 0.512. The third kappa shape index (κ3) is 2.78. The van der Waals surface area contributed by atoms with Gasteiger partial charge in [0.2, 0.25) is 0 Å². The maximum Gasteiger partial charge on any atom is 0.124 e. The Kier molecular flexibility index (Phi) is 4.19. The van der Waals surface area contributed by atoms with E-state index in [0.717, 1.165) is 21.9 Å². The van der Waals surface area contributed by atoms with E-state index in [0.29, 0.717) is 5.75 Å². The number of rotatable bonds is 2. The number of phenols is 1. The molecule has 0 amide bonds. The molecule has 3 aromatic rings. The first-order valence-electron chi connectivity index (χ1n) is 9.56. The number of hydrogen-bond acceptors (Lipinski definition) is 1. The Balaban J connectivity index is 1.98. The number of benzene rings is 3. The first-order valence-corrected chi connectivity index (χ1v) is 9.56. The van der Waals surface area contributed by atoms with E-state index in [4.69, 9.17) is 0 Å². The van der Waals surface area contributed by atoms with Gasteiger partial charge in [-0.15, -0.1) is 0 Å². The number of fused-ring (bicyclic) bond motifs is 1. The molecule has 27 heavy (non-hydrogen) atoms. The molecular weight excluding hydrogens is 328 g/mol. The Bertz CT molecular complexity index is 1100. The fraction of sp³-hybridized carbons (Fsp3) is 0.231. The Morgan fingerprint density at radius 3 is 1.89 bits per heavy atom. The predicted molar refractivity (Wildman–Crippen MR) is 115 cm³/mol.